The number of rotatable bonds is 11. The van der Waals surface area contributed by atoms with Crippen LogP contribution in [0.15, 0.2) is 76.4 Å². The van der Waals surface area contributed by atoms with E-state index in [1.54, 1.807) is 42.5 Å². The van der Waals surface area contributed by atoms with E-state index in [2.05, 4.69) is 5.09 Å². The zero-order valence-electron chi connectivity index (χ0n) is 20.8. The first-order valence-electron chi connectivity index (χ1n) is 12.0. The highest BCUT2D eigenvalue weighted by Gasteiger charge is 2.39. The van der Waals surface area contributed by atoms with Gasteiger partial charge < -0.3 is 19.1 Å². The van der Waals surface area contributed by atoms with Crippen molar-refractivity contribution in [2.24, 2.45) is 0 Å². The molecule has 0 spiro atoms. The maximum Gasteiger partial charge on any atom is 0.459 e. The Morgan fingerprint density at radius 2 is 1.87 bits per heavy atom. The molecule has 0 aliphatic carbocycles. The van der Waals surface area contributed by atoms with E-state index < -0.39 is 61.9 Å². The second kappa shape index (κ2) is 12.5. The van der Waals surface area contributed by atoms with Crippen molar-refractivity contribution < 1.29 is 37.4 Å². The number of ether oxygens (including phenoxy) is 2. The molecule has 0 amide bonds. The fourth-order valence-electron chi connectivity index (χ4n) is 3.74. The van der Waals surface area contributed by atoms with Crippen LogP contribution >= 0.6 is 7.75 Å². The third-order valence-electron chi connectivity index (χ3n) is 5.75. The number of para-hydroxylation sites is 1. The number of carbonyl (C=O) groups is 1. The summed E-state index contributed by atoms with van der Waals surface area (Å²) in [6.07, 6.45) is -2.89. The summed E-state index contributed by atoms with van der Waals surface area (Å²) in [5.74, 6) is -1.74. The number of aromatic amines is 1. The van der Waals surface area contributed by atoms with Crippen LogP contribution < -0.4 is 20.9 Å². The average molecular weight is 563 g/mol. The Bertz CT molecular complexity index is 1430. The normalized spacial score (nSPS) is 21.2. The Kier molecular flexibility index (Phi) is 9.10. The van der Waals surface area contributed by atoms with E-state index in [0.29, 0.717) is 6.20 Å². The molecule has 5 atom stereocenters. The molecular weight excluding hydrogens is 536 g/mol. The summed E-state index contributed by atoms with van der Waals surface area (Å²) in [4.78, 5) is 37.8. The molecule has 3 aromatic rings. The number of benzene rings is 2. The fourth-order valence-corrected chi connectivity index (χ4v) is 5.24. The van der Waals surface area contributed by atoms with Gasteiger partial charge in [0.25, 0.3) is 5.56 Å². The Balaban J connectivity index is 1.43. The number of aliphatic hydroxyl groups excluding tert-OH is 1. The van der Waals surface area contributed by atoms with Gasteiger partial charge in [0.1, 0.15) is 30.7 Å². The minimum absolute atomic E-state index is 0.00457. The molecule has 208 valence electrons. The Labute approximate surface area is 221 Å². The molecule has 1 fully saturated rings. The molecule has 1 aliphatic rings. The zero-order valence-corrected chi connectivity index (χ0v) is 21.7. The van der Waals surface area contributed by atoms with Crippen molar-refractivity contribution in [2.75, 3.05) is 6.61 Å². The molecule has 1 saturated heterocycles. The van der Waals surface area contributed by atoms with Crippen molar-refractivity contribution in [2.45, 2.75) is 44.4 Å². The van der Waals surface area contributed by atoms with E-state index >= 15 is 0 Å². The van der Waals surface area contributed by atoms with Crippen molar-refractivity contribution >= 4 is 13.7 Å². The van der Waals surface area contributed by atoms with Gasteiger partial charge in [-0.2, -0.15) is 9.48 Å². The van der Waals surface area contributed by atoms with E-state index in [1.807, 2.05) is 11.1 Å². The number of aliphatic hydroxyl groups is 1. The maximum atomic E-state index is 13.7. The molecule has 39 heavy (non-hydrogen) atoms. The van der Waals surface area contributed by atoms with E-state index in [9.17, 15) is 28.4 Å². The monoisotopic (exact) mass is 563 g/mol. The van der Waals surface area contributed by atoms with Crippen molar-refractivity contribution in [3.05, 3.63) is 99.1 Å². The van der Waals surface area contributed by atoms with Crippen molar-refractivity contribution in [1.82, 2.24) is 14.6 Å². The molecule has 2 heterocycles. The third kappa shape index (κ3) is 7.49. The highest BCUT2D eigenvalue weighted by Crippen LogP contribution is 2.46. The van der Waals surface area contributed by atoms with Gasteiger partial charge in [0.05, 0.1) is 18.9 Å². The second-order valence-electron chi connectivity index (χ2n) is 8.72. The lowest BCUT2D eigenvalue weighted by Gasteiger charge is -2.24. The number of aromatic nitrogens is 2. The lowest BCUT2D eigenvalue weighted by molar-refractivity contribution is -0.146. The van der Waals surface area contributed by atoms with Crippen LogP contribution in [0, 0.1) is 5.82 Å². The highest BCUT2D eigenvalue weighted by molar-refractivity contribution is 7.52. The van der Waals surface area contributed by atoms with Gasteiger partial charge in [-0.3, -0.25) is 23.7 Å². The van der Waals surface area contributed by atoms with Crippen LogP contribution in [0.3, 0.4) is 0 Å². The van der Waals surface area contributed by atoms with Crippen LogP contribution in [0.2, 0.25) is 0 Å². The Morgan fingerprint density at radius 1 is 1.21 bits per heavy atom. The Morgan fingerprint density at radius 3 is 2.56 bits per heavy atom. The summed E-state index contributed by atoms with van der Waals surface area (Å²) >= 11 is 0. The van der Waals surface area contributed by atoms with E-state index in [1.165, 1.54) is 19.1 Å². The summed E-state index contributed by atoms with van der Waals surface area (Å²) in [7, 11) is -4.26. The molecular formula is C25H27FN3O9P. The molecule has 4 rings (SSSR count). The van der Waals surface area contributed by atoms with Gasteiger partial charge in [0.15, 0.2) is 0 Å². The molecule has 0 saturated carbocycles. The first-order chi connectivity index (χ1) is 18.6. The predicted molar refractivity (Wildman–Crippen MR) is 135 cm³/mol. The van der Waals surface area contributed by atoms with Crippen molar-refractivity contribution in [1.29, 1.82) is 0 Å². The smallest absolute Gasteiger partial charge is 0.459 e. The van der Waals surface area contributed by atoms with Crippen LogP contribution in [0.1, 0.15) is 25.1 Å². The molecule has 1 aliphatic heterocycles. The van der Waals surface area contributed by atoms with Crippen LogP contribution in [-0.4, -0.2) is 45.5 Å². The largest absolute Gasteiger partial charge is 0.460 e. The van der Waals surface area contributed by atoms with Gasteiger partial charge >= 0.3 is 19.4 Å². The van der Waals surface area contributed by atoms with Crippen LogP contribution in [-0.2, 0) is 30.0 Å². The van der Waals surface area contributed by atoms with E-state index in [4.69, 9.17) is 18.5 Å². The molecule has 0 radical (unpaired) electrons. The van der Waals surface area contributed by atoms with Gasteiger partial charge in [-0.15, -0.1) is 0 Å². The number of hydrogen-bond acceptors (Lipinski definition) is 9. The lowest BCUT2D eigenvalue weighted by atomic mass is 10.2. The molecule has 3 N–H and O–H groups in total. The van der Waals surface area contributed by atoms with Crippen LogP contribution in [0.25, 0.3) is 0 Å². The number of esters is 1. The van der Waals surface area contributed by atoms with Gasteiger partial charge in [-0.25, -0.2) is 9.36 Å². The summed E-state index contributed by atoms with van der Waals surface area (Å²) in [6, 6.07) is 16.0. The first-order valence-corrected chi connectivity index (χ1v) is 13.5. The second-order valence-corrected chi connectivity index (χ2v) is 10.4. The highest BCUT2D eigenvalue weighted by atomic mass is 31.2. The standard InChI is InChI=1S/C25H27FN3O9P/c1-16(24(32)35-14-17-8-4-2-5-9-17)28-39(34,38-18-10-6-3-7-11-18)36-15-21-20(30)12-22(37-21)29-13-19(26)23(31)27-25(29)33/h2-11,13,16,20-22,30H,12,14-15H2,1H3,(H,28,34)(H,27,31,33)/t16-,20-,21+,22+,39?/m0/s1. The quantitative estimate of drug-likeness (QED) is 0.233. The topological polar surface area (TPSA) is 158 Å². The van der Waals surface area contributed by atoms with Crippen LogP contribution in [0.4, 0.5) is 4.39 Å². The fraction of sp³-hybridized carbons (Fsp3) is 0.320. The molecule has 2 aromatic carbocycles. The van der Waals surface area contributed by atoms with E-state index in [-0.39, 0.29) is 18.8 Å². The van der Waals surface area contributed by atoms with Crippen LogP contribution in [0.5, 0.6) is 5.75 Å². The molecule has 12 nitrogen and oxygen atoms in total. The molecule has 14 heteroatoms. The summed E-state index contributed by atoms with van der Waals surface area (Å²) in [5.41, 5.74) is -1.35. The lowest BCUT2D eigenvalue weighted by Crippen LogP contribution is -2.36. The van der Waals surface area contributed by atoms with E-state index in [0.717, 1.165) is 10.1 Å². The maximum absolute atomic E-state index is 13.7. The number of halogens is 1. The molecule has 1 unspecified atom stereocenters. The number of nitrogens with one attached hydrogen (secondary N) is 2. The number of hydrogen-bond donors (Lipinski definition) is 3. The zero-order chi connectivity index (χ0) is 28.0. The van der Waals surface area contributed by atoms with Gasteiger partial charge in [0, 0.05) is 6.42 Å². The number of nitrogens with zero attached hydrogens (tertiary/aromatic N) is 1. The summed E-state index contributed by atoms with van der Waals surface area (Å²) < 4.78 is 50.2. The summed E-state index contributed by atoms with van der Waals surface area (Å²) in [6.45, 7) is 0.942. The van der Waals surface area contributed by atoms with Gasteiger partial charge in [-0.1, -0.05) is 48.5 Å². The molecule has 0 bridgehead atoms. The van der Waals surface area contributed by atoms with Crippen molar-refractivity contribution in [3.8, 4) is 5.75 Å². The third-order valence-corrected chi connectivity index (χ3v) is 7.39. The SMILES string of the molecule is C[C@H](NP(=O)(OC[C@H]1O[C@@H](n2cc(F)c(=O)[nH]c2=O)C[C@@H]1O)Oc1ccccc1)C(=O)OCc1ccccc1. The average Bonchev–Trinajstić information content (AvgIpc) is 3.29. The Hall–Kier alpha value is -3.61. The number of H-pyrrole nitrogens is 1. The predicted octanol–water partition coefficient (Wildman–Crippen LogP) is 2.25. The van der Waals surface area contributed by atoms with Gasteiger partial charge in [0.2, 0.25) is 5.82 Å². The van der Waals surface area contributed by atoms with Crippen molar-refractivity contribution in [3.63, 3.8) is 0 Å². The summed E-state index contributed by atoms with van der Waals surface area (Å²) in [5, 5.41) is 13.0. The molecule has 1 aromatic heterocycles. The minimum Gasteiger partial charge on any atom is -0.460 e. The minimum atomic E-state index is -4.26. The number of carbonyl (C=O) groups excluding carboxylic acids is 1. The first kappa shape index (κ1) is 28.4. The van der Waals surface area contributed by atoms with Gasteiger partial charge in [-0.05, 0) is 24.6 Å².